The maximum absolute atomic E-state index is 10.9. The second-order valence-electron chi connectivity index (χ2n) is 2.46. The van der Waals surface area contributed by atoms with Crippen LogP contribution in [0.15, 0.2) is 0 Å². The number of nitrogens with one attached hydrogen (secondary N) is 2. The molecule has 0 aliphatic carbocycles. The van der Waals surface area contributed by atoms with Crippen molar-refractivity contribution in [3.8, 4) is 0 Å². The van der Waals surface area contributed by atoms with Gasteiger partial charge in [0.2, 0.25) is 5.91 Å². The fraction of sp³-hybridized carbons (Fsp3) is 0.833. The summed E-state index contributed by atoms with van der Waals surface area (Å²) in [5.74, 6) is -0.0449. The van der Waals surface area contributed by atoms with Crippen molar-refractivity contribution in [2.45, 2.75) is 18.6 Å². The van der Waals surface area contributed by atoms with Gasteiger partial charge in [0.25, 0.3) is 0 Å². The maximum atomic E-state index is 10.9. The number of carbonyl (C=O) groups is 1. The Morgan fingerprint density at radius 2 is 2.36 bits per heavy atom. The Bertz CT molecular complexity index is 143. The highest BCUT2D eigenvalue weighted by atomic mass is 35.5. The summed E-state index contributed by atoms with van der Waals surface area (Å²) >= 11 is 0. The minimum Gasteiger partial charge on any atom is -0.392 e. The van der Waals surface area contributed by atoms with Crippen LogP contribution in [0.5, 0.6) is 0 Å². The molecule has 66 valence electrons. The number of halogens is 1. The van der Waals surface area contributed by atoms with Gasteiger partial charge in [-0.25, -0.2) is 0 Å². The molecule has 1 aliphatic rings. The van der Waals surface area contributed by atoms with E-state index in [1.54, 1.807) is 7.05 Å². The Balaban J connectivity index is 0.000001000. The monoisotopic (exact) mass is 180 g/mol. The van der Waals surface area contributed by atoms with Crippen LogP contribution in [0.2, 0.25) is 0 Å². The highest BCUT2D eigenvalue weighted by Crippen LogP contribution is 2.05. The van der Waals surface area contributed by atoms with Crippen molar-refractivity contribution in [2.75, 3.05) is 13.6 Å². The SMILES string of the molecule is CNC(=O)[C@H]1C[C@H](O)CN1.Cl. The van der Waals surface area contributed by atoms with Crippen LogP contribution in [0, 0.1) is 0 Å². The quantitative estimate of drug-likeness (QED) is 0.479. The number of aliphatic hydroxyl groups is 1. The Morgan fingerprint density at radius 3 is 2.73 bits per heavy atom. The molecule has 1 amide bonds. The molecule has 0 aromatic heterocycles. The molecule has 0 saturated carbocycles. The zero-order chi connectivity index (χ0) is 7.56. The zero-order valence-electron chi connectivity index (χ0n) is 6.33. The number of rotatable bonds is 1. The molecule has 1 heterocycles. The first kappa shape index (κ1) is 10.7. The molecule has 1 aliphatic heterocycles. The predicted molar refractivity (Wildman–Crippen MR) is 43.7 cm³/mol. The number of likely N-dealkylation sites (N-methyl/N-ethyl adjacent to an activating group) is 1. The number of amides is 1. The molecule has 0 unspecified atom stereocenters. The second kappa shape index (κ2) is 4.54. The van der Waals surface area contributed by atoms with E-state index < -0.39 is 0 Å². The standard InChI is InChI=1S/C6H12N2O2.ClH/c1-7-6(10)5-2-4(9)3-8-5;/h4-5,8-9H,2-3H2,1H3,(H,7,10);1H/t4-,5+;/m0./s1. The minimum absolute atomic E-state index is 0. The van der Waals surface area contributed by atoms with Crippen molar-refractivity contribution in [3.05, 3.63) is 0 Å². The topological polar surface area (TPSA) is 61.4 Å². The molecule has 11 heavy (non-hydrogen) atoms. The molecule has 0 bridgehead atoms. The van der Waals surface area contributed by atoms with Gasteiger partial charge in [-0.05, 0) is 6.42 Å². The maximum Gasteiger partial charge on any atom is 0.236 e. The van der Waals surface area contributed by atoms with Crippen LogP contribution in [0.1, 0.15) is 6.42 Å². The molecule has 2 atom stereocenters. The number of β-amino-alcohol motifs (C(OH)–C–C–N with tert-alkyl or cyclic N) is 1. The van der Waals surface area contributed by atoms with Crippen molar-refractivity contribution < 1.29 is 9.90 Å². The molecule has 0 radical (unpaired) electrons. The fourth-order valence-electron chi connectivity index (χ4n) is 1.09. The van der Waals surface area contributed by atoms with Gasteiger partial charge < -0.3 is 15.7 Å². The molecular weight excluding hydrogens is 168 g/mol. The van der Waals surface area contributed by atoms with Gasteiger partial charge in [0, 0.05) is 13.6 Å². The lowest BCUT2D eigenvalue weighted by molar-refractivity contribution is -0.122. The summed E-state index contributed by atoms with van der Waals surface area (Å²) in [6.45, 7) is 0.526. The van der Waals surface area contributed by atoms with E-state index in [4.69, 9.17) is 5.11 Å². The first-order chi connectivity index (χ1) is 4.74. The molecule has 5 heteroatoms. The smallest absolute Gasteiger partial charge is 0.236 e. The van der Waals surface area contributed by atoms with Crippen molar-refractivity contribution in [3.63, 3.8) is 0 Å². The van der Waals surface area contributed by atoms with Crippen molar-refractivity contribution in [1.29, 1.82) is 0 Å². The van der Waals surface area contributed by atoms with E-state index in [1.165, 1.54) is 0 Å². The minimum atomic E-state index is -0.359. The highest BCUT2D eigenvalue weighted by molar-refractivity contribution is 5.85. The number of hydrogen-bond acceptors (Lipinski definition) is 3. The summed E-state index contributed by atoms with van der Waals surface area (Å²) < 4.78 is 0. The van der Waals surface area contributed by atoms with E-state index in [1.807, 2.05) is 0 Å². The van der Waals surface area contributed by atoms with E-state index >= 15 is 0 Å². The van der Waals surface area contributed by atoms with Crippen molar-refractivity contribution in [1.82, 2.24) is 10.6 Å². The van der Waals surface area contributed by atoms with Gasteiger partial charge in [-0.3, -0.25) is 4.79 Å². The second-order valence-corrected chi connectivity index (χ2v) is 2.46. The van der Waals surface area contributed by atoms with Gasteiger partial charge in [0.05, 0.1) is 12.1 Å². The van der Waals surface area contributed by atoms with E-state index in [0.29, 0.717) is 13.0 Å². The normalized spacial score (nSPS) is 29.3. The van der Waals surface area contributed by atoms with Crippen LogP contribution in [0.25, 0.3) is 0 Å². The molecule has 0 aromatic carbocycles. The Morgan fingerprint density at radius 1 is 1.73 bits per heavy atom. The van der Waals surface area contributed by atoms with Crippen LogP contribution >= 0.6 is 12.4 Å². The Hall–Kier alpha value is -0.320. The van der Waals surface area contributed by atoms with E-state index in [0.717, 1.165) is 0 Å². The lowest BCUT2D eigenvalue weighted by Crippen LogP contribution is -2.38. The van der Waals surface area contributed by atoms with Crippen LogP contribution in [0.4, 0.5) is 0 Å². The summed E-state index contributed by atoms with van der Waals surface area (Å²) in [7, 11) is 1.59. The number of carbonyl (C=O) groups excluding carboxylic acids is 1. The lowest BCUT2D eigenvalue weighted by Gasteiger charge is -2.06. The molecule has 0 aromatic rings. The molecule has 3 N–H and O–H groups in total. The van der Waals surface area contributed by atoms with Gasteiger partial charge in [-0.1, -0.05) is 0 Å². The first-order valence-electron chi connectivity index (χ1n) is 3.37. The van der Waals surface area contributed by atoms with Crippen LogP contribution < -0.4 is 10.6 Å². The molecule has 4 nitrogen and oxygen atoms in total. The summed E-state index contributed by atoms with van der Waals surface area (Å²) in [6, 6.07) is -0.194. The van der Waals surface area contributed by atoms with Crippen molar-refractivity contribution >= 4 is 18.3 Å². The predicted octanol–water partition coefficient (Wildman–Crippen LogP) is -1.12. The molecular formula is C6H13ClN2O2. The third-order valence-electron chi connectivity index (χ3n) is 1.67. The largest absolute Gasteiger partial charge is 0.392 e. The molecule has 1 rings (SSSR count). The Kier molecular flexibility index (Phi) is 4.40. The third kappa shape index (κ3) is 2.65. The van der Waals surface area contributed by atoms with Gasteiger partial charge in [0.15, 0.2) is 0 Å². The first-order valence-corrected chi connectivity index (χ1v) is 3.37. The van der Waals surface area contributed by atoms with Gasteiger partial charge in [-0.2, -0.15) is 0 Å². The van der Waals surface area contributed by atoms with E-state index in [-0.39, 0.29) is 30.5 Å². The van der Waals surface area contributed by atoms with Gasteiger partial charge in [0.1, 0.15) is 0 Å². The van der Waals surface area contributed by atoms with E-state index in [2.05, 4.69) is 10.6 Å². The van der Waals surface area contributed by atoms with Gasteiger partial charge in [-0.15, -0.1) is 12.4 Å². The molecule has 1 saturated heterocycles. The summed E-state index contributed by atoms with van der Waals surface area (Å²) in [4.78, 5) is 10.9. The average Bonchev–Trinajstić information content (AvgIpc) is 2.34. The molecule has 1 fully saturated rings. The van der Waals surface area contributed by atoms with Crippen molar-refractivity contribution in [2.24, 2.45) is 0 Å². The third-order valence-corrected chi connectivity index (χ3v) is 1.67. The van der Waals surface area contributed by atoms with E-state index in [9.17, 15) is 4.79 Å². The number of hydrogen-bond donors (Lipinski definition) is 3. The van der Waals surface area contributed by atoms with Crippen LogP contribution in [-0.4, -0.2) is 36.8 Å². The lowest BCUT2D eigenvalue weighted by atomic mass is 10.2. The Labute approximate surface area is 71.8 Å². The highest BCUT2D eigenvalue weighted by Gasteiger charge is 2.26. The van der Waals surface area contributed by atoms with Gasteiger partial charge >= 0.3 is 0 Å². The van der Waals surface area contributed by atoms with Crippen LogP contribution in [-0.2, 0) is 4.79 Å². The zero-order valence-corrected chi connectivity index (χ0v) is 7.15. The summed E-state index contributed by atoms with van der Waals surface area (Å²) in [5, 5.41) is 14.4. The summed E-state index contributed by atoms with van der Waals surface area (Å²) in [6.07, 6.45) is 0.168. The fourth-order valence-corrected chi connectivity index (χ4v) is 1.09. The number of aliphatic hydroxyl groups excluding tert-OH is 1. The van der Waals surface area contributed by atoms with Crippen LogP contribution in [0.3, 0.4) is 0 Å². The molecule has 0 spiro atoms. The average molecular weight is 181 g/mol. The summed E-state index contributed by atoms with van der Waals surface area (Å²) in [5.41, 5.74) is 0.